The molecule has 0 saturated heterocycles. The van der Waals surface area contributed by atoms with Crippen molar-refractivity contribution in [3.8, 4) is 0 Å². The van der Waals surface area contributed by atoms with E-state index in [2.05, 4.69) is 11.7 Å². The standard InChI is InChI=1S/Ba.H2O3S2.H2O.2H/c;1-5(2,3)4;;;/h;(H2,1,2,3,4);1H2;;. The van der Waals surface area contributed by atoms with Gasteiger partial charge in [0.2, 0.25) is 0 Å². The SMILES string of the molecule is O.O=S(=O)(O)S.[BaH2]. The van der Waals surface area contributed by atoms with Crippen LogP contribution in [0.15, 0.2) is 0 Å². The molecule has 0 aliphatic heterocycles. The molecule has 0 aliphatic carbocycles. The maximum absolute atomic E-state index is 9.05. The minimum atomic E-state index is -3.97. The number of hydrogen-bond donors (Lipinski definition) is 2. The third-order valence-electron chi connectivity index (χ3n) is 0. The van der Waals surface area contributed by atoms with Gasteiger partial charge in [0.05, 0.1) is 0 Å². The van der Waals surface area contributed by atoms with E-state index in [1.54, 1.807) is 0 Å². The third kappa shape index (κ3) is 81.4. The zero-order chi connectivity index (χ0) is 4.50. The van der Waals surface area contributed by atoms with Crippen molar-refractivity contribution in [2.45, 2.75) is 0 Å². The van der Waals surface area contributed by atoms with Gasteiger partial charge in [-0.1, -0.05) is 0 Å². The second kappa shape index (κ2) is 5.92. The molecule has 0 unspecified atom stereocenters. The predicted molar refractivity (Wildman–Crippen MR) is 32.7 cm³/mol. The Morgan fingerprint density at radius 3 is 1.43 bits per heavy atom. The fourth-order valence-electron chi connectivity index (χ4n) is 0. The van der Waals surface area contributed by atoms with E-state index in [-0.39, 0.29) is 54.4 Å². The number of hydrogen-bond acceptors (Lipinski definition) is 2. The molecule has 0 heterocycles. The van der Waals surface area contributed by atoms with Gasteiger partial charge in [0, 0.05) is 0 Å². The van der Waals surface area contributed by atoms with Gasteiger partial charge in [0.1, 0.15) is 0 Å². The third-order valence-corrected chi connectivity index (χ3v) is 0. The van der Waals surface area contributed by atoms with E-state index in [1.807, 2.05) is 0 Å². The van der Waals surface area contributed by atoms with Crippen molar-refractivity contribution in [1.82, 2.24) is 0 Å². The molecule has 0 amide bonds. The quantitative estimate of drug-likeness (QED) is 0.231. The molecule has 0 fully saturated rings. The van der Waals surface area contributed by atoms with Crippen LogP contribution in [0.2, 0.25) is 0 Å². The number of rotatable bonds is 0. The molecule has 0 spiro atoms. The average molecular weight is 272 g/mol. The maximum atomic E-state index is 9.05. The van der Waals surface area contributed by atoms with Gasteiger partial charge >= 0.3 is 58.0 Å². The van der Waals surface area contributed by atoms with E-state index < -0.39 is 9.15 Å². The van der Waals surface area contributed by atoms with Gasteiger partial charge < -0.3 is 5.48 Å². The van der Waals surface area contributed by atoms with Crippen LogP contribution in [-0.2, 0) is 9.15 Å². The Balaban J connectivity index is -0.0000000800. The van der Waals surface area contributed by atoms with Crippen molar-refractivity contribution in [1.29, 1.82) is 0 Å². The molecule has 0 rings (SSSR count). The summed E-state index contributed by atoms with van der Waals surface area (Å²) in [5.41, 5.74) is 0. The van der Waals surface area contributed by atoms with Crippen molar-refractivity contribution < 1.29 is 18.4 Å². The van der Waals surface area contributed by atoms with E-state index in [0.29, 0.717) is 0 Å². The summed E-state index contributed by atoms with van der Waals surface area (Å²) in [6.07, 6.45) is 0. The van der Waals surface area contributed by atoms with Gasteiger partial charge in [-0.15, -0.1) is 0 Å². The van der Waals surface area contributed by atoms with Crippen LogP contribution in [0.4, 0.5) is 0 Å². The molecule has 0 saturated carbocycles. The first-order valence-corrected chi connectivity index (χ1v) is 3.19. The molecule has 0 aromatic carbocycles. The summed E-state index contributed by atoms with van der Waals surface area (Å²) in [4.78, 5) is 0. The molecule has 0 aliphatic rings. The monoisotopic (exact) mass is 272 g/mol. The Kier molecular flexibility index (Phi) is 13.5. The van der Waals surface area contributed by atoms with E-state index >= 15 is 0 Å². The zero-order valence-electron chi connectivity index (χ0n) is 2.62. The van der Waals surface area contributed by atoms with Gasteiger partial charge in [0.15, 0.2) is 0 Å². The topological polar surface area (TPSA) is 85.9 Å². The summed E-state index contributed by atoms with van der Waals surface area (Å²) in [6, 6.07) is 0. The van der Waals surface area contributed by atoms with Crippen molar-refractivity contribution in [2.24, 2.45) is 0 Å². The molecule has 3 N–H and O–H groups in total. The summed E-state index contributed by atoms with van der Waals surface area (Å²) in [5, 5.41) is 0. The van der Waals surface area contributed by atoms with Crippen LogP contribution in [0.3, 0.4) is 0 Å². The number of thiol groups is 1. The molecule has 0 aromatic heterocycles. The van der Waals surface area contributed by atoms with Crippen molar-refractivity contribution in [2.75, 3.05) is 0 Å². The Hall–Kier alpha value is 1.79. The van der Waals surface area contributed by atoms with Crippen molar-refractivity contribution in [3.63, 3.8) is 0 Å². The normalized spacial score (nSPS) is 8.29. The molecule has 7 heteroatoms. The van der Waals surface area contributed by atoms with Crippen LogP contribution >= 0.6 is 11.7 Å². The Morgan fingerprint density at radius 2 is 1.43 bits per heavy atom. The second-order valence-corrected chi connectivity index (χ2v) is 2.73. The van der Waals surface area contributed by atoms with Gasteiger partial charge in [-0.05, 0) is 11.7 Å². The first-order valence-electron chi connectivity index (χ1n) is 0.698. The van der Waals surface area contributed by atoms with E-state index in [9.17, 15) is 0 Å². The Bertz CT molecular complexity index is 92.9. The molecule has 0 bridgehead atoms. The summed E-state index contributed by atoms with van der Waals surface area (Å²) in [5.74, 6) is 0. The van der Waals surface area contributed by atoms with Crippen LogP contribution in [-0.4, -0.2) is 67.3 Å². The Morgan fingerprint density at radius 1 is 1.43 bits per heavy atom. The van der Waals surface area contributed by atoms with Crippen molar-refractivity contribution in [3.05, 3.63) is 0 Å². The predicted octanol–water partition coefficient (Wildman–Crippen LogP) is -2.02. The zero-order valence-corrected chi connectivity index (χ0v) is 4.33. The van der Waals surface area contributed by atoms with Crippen LogP contribution in [0.25, 0.3) is 0 Å². The fraction of sp³-hybridized carbons (Fsp3) is 0. The van der Waals surface area contributed by atoms with Gasteiger partial charge in [-0.25, -0.2) is 0 Å². The van der Waals surface area contributed by atoms with E-state index in [0.717, 1.165) is 0 Å². The summed E-state index contributed by atoms with van der Waals surface area (Å²) in [7, 11) is -3.97. The molecular weight excluding hydrogens is 265 g/mol. The molecule has 0 atom stereocenters. The molecule has 7 heavy (non-hydrogen) atoms. The molecule has 44 valence electrons. The average Bonchev–Trinajstić information content (AvgIpc) is 0.722. The summed E-state index contributed by atoms with van der Waals surface area (Å²) < 4.78 is 25.5. The first-order chi connectivity index (χ1) is 2.00. The van der Waals surface area contributed by atoms with Crippen LogP contribution in [0.5, 0.6) is 0 Å². The van der Waals surface area contributed by atoms with Crippen LogP contribution < -0.4 is 0 Å². The van der Waals surface area contributed by atoms with Crippen LogP contribution in [0, 0.1) is 0 Å². The van der Waals surface area contributed by atoms with Gasteiger partial charge in [-0.2, -0.15) is 8.42 Å². The summed E-state index contributed by atoms with van der Waals surface area (Å²) >= 11 is 2.65. The van der Waals surface area contributed by atoms with Crippen LogP contribution in [0.1, 0.15) is 0 Å². The second-order valence-electron chi connectivity index (χ2n) is 0.448. The minimum absolute atomic E-state index is 0. The van der Waals surface area contributed by atoms with E-state index in [4.69, 9.17) is 13.0 Å². The van der Waals surface area contributed by atoms with Crippen molar-refractivity contribution >= 4 is 69.7 Å². The molecule has 0 aromatic rings. The molecular formula is H6BaO4S2. The van der Waals surface area contributed by atoms with Gasteiger partial charge in [0.25, 0.3) is 0 Å². The Labute approximate surface area is 86.6 Å². The van der Waals surface area contributed by atoms with Gasteiger partial charge in [-0.3, -0.25) is 4.55 Å². The molecule has 4 nitrogen and oxygen atoms in total. The summed E-state index contributed by atoms with van der Waals surface area (Å²) in [6.45, 7) is 0. The van der Waals surface area contributed by atoms with E-state index in [1.165, 1.54) is 0 Å². The fourth-order valence-corrected chi connectivity index (χ4v) is 0. The first kappa shape index (κ1) is 15.9. The molecule has 0 radical (unpaired) electrons.